The molecule has 0 radical (unpaired) electrons. The van der Waals surface area contributed by atoms with Crippen LogP contribution in [0.15, 0.2) is 30.3 Å². The summed E-state index contributed by atoms with van der Waals surface area (Å²) in [6.45, 7) is 13.2. The lowest BCUT2D eigenvalue weighted by atomic mass is 9.64. The minimum absolute atomic E-state index is 0.0248. The SMILES string of the molecule is CC[C@]1(C)C[C@@](CCN(Cc2ccccc2)C(C)=O)(C(C)C)CCO1. The molecule has 0 spiro atoms. The number of benzene rings is 1. The highest BCUT2D eigenvalue weighted by atomic mass is 16.5. The normalized spacial score (nSPS) is 26.6. The van der Waals surface area contributed by atoms with Crippen molar-refractivity contribution in [2.24, 2.45) is 11.3 Å². The maximum atomic E-state index is 12.2. The second-order valence-electron chi connectivity index (χ2n) is 8.27. The molecule has 3 nitrogen and oxygen atoms in total. The second-order valence-corrected chi connectivity index (χ2v) is 8.27. The zero-order chi connectivity index (χ0) is 18.5. The van der Waals surface area contributed by atoms with E-state index in [1.165, 1.54) is 5.56 Å². The molecular weight excluding hydrogens is 310 g/mol. The quantitative estimate of drug-likeness (QED) is 0.692. The molecule has 140 valence electrons. The minimum Gasteiger partial charge on any atom is -0.375 e. The van der Waals surface area contributed by atoms with E-state index in [0.29, 0.717) is 12.5 Å². The fourth-order valence-electron chi connectivity index (χ4n) is 4.12. The Morgan fingerprint density at radius 1 is 1.28 bits per heavy atom. The van der Waals surface area contributed by atoms with Gasteiger partial charge < -0.3 is 9.64 Å². The number of carbonyl (C=O) groups is 1. The molecule has 0 aromatic heterocycles. The highest BCUT2D eigenvalue weighted by molar-refractivity contribution is 5.73. The molecule has 25 heavy (non-hydrogen) atoms. The molecule has 0 saturated carbocycles. The van der Waals surface area contributed by atoms with E-state index in [0.717, 1.165) is 38.8 Å². The Morgan fingerprint density at radius 3 is 2.52 bits per heavy atom. The Hall–Kier alpha value is -1.35. The van der Waals surface area contributed by atoms with Crippen LogP contribution in [0.25, 0.3) is 0 Å². The predicted octanol–water partition coefficient (Wildman–Crippen LogP) is 5.05. The predicted molar refractivity (Wildman–Crippen MR) is 103 cm³/mol. The van der Waals surface area contributed by atoms with Gasteiger partial charge in [0.15, 0.2) is 0 Å². The van der Waals surface area contributed by atoms with E-state index < -0.39 is 0 Å². The lowest BCUT2D eigenvalue weighted by Gasteiger charge is -2.49. The van der Waals surface area contributed by atoms with Crippen molar-refractivity contribution >= 4 is 5.91 Å². The zero-order valence-corrected chi connectivity index (χ0v) is 16.7. The summed E-state index contributed by atoms with van der Waals surface area (Å²) in [6.07, 6.45) is 4.28. The Morgan fingerprint density at radius 2 is 1.96 bits per heavy atom. The molecule has 1 aromatic carbocycles. The Bertz CT molecular complexity index is 556. The average Bonchev–Trinajstić information content (AvgIpc) is 2.59. The van der Waals surface area contributed by atoms with E-state index in [4.69, 9.17) is 4.74 Å². The van der Waals surface area contributed by atoms with Crippen molar-refractivity contribution in [2.45, 2.75) is 72.4 Å². The van der Waals surface area contributed by atoms with Gasteiger partial charge in [0.05, 0.1) is 5.60 Å². The van der Waals surface area contributed by atoms with Crippen LogP contribution in [0.3, 0.4) is 0 Å². The molecule has 3 heteroatoms. The zero-order valence-electron chi connectivity index (χ0n) is 16.7. The molecule has 1 aliphatic heterocycles. The fraction of sp³-hybridized carbons (Fsp3) is 0.682. The number of ether oxygens (including phenoxy) is 1. The highest BCUT2D eigenvalue weighted by Crippen LogP contribution is 2.48. The summed E-state index contributed by atoms with van der Waals surface area (Å²) in [5.41, 5.74) is 1.43. The molecule has 0 unspecified atom stereocenters. The molecule has 2 rings (SSSR count). The summed E-state index contributed by atoms with van der Waals surface area (Å²) < 4.78 is 6.09. The monoisotopic (exact) mass is 345 g/mol. The van der Waals surface area contributed by atoms with E-state index in [9.17, 15) is 4.79 Å². The summed E-state index contributed by atoms with van der Waals surface area (Å²) in [6, 6.07) is 10.3. The summed E-state index contributed by atoms with van der Waals surface area (Å²) in [5.74, 6) is 0.751. The lowest BCUT2D eigenvalue weighted by Crippen LogP contribution is -2.47. The second kappa shape index (κ2) is 8.35. The van der Waals surface area contributed by atoms with Crippen molar-refractivity contribution in [2.75, 3.05) is 13.2 Å². The molecule has 1 saturated heterocycles. The minimum atomic E-state index is -0.0248. The molecule has 0 aliphatic carbocycles. The van der Waals surface area contributed by atoms with Gasteiger partial charge >= 0.3 is 0 Å². The van der Waals surface area contributed by atoms with Crippen LogP contribution in [0.5, 0.6) is 0 Å². The van der Waals surface area contributed by atoms with Crippen LogP contribution in [0.1, 0.15) is 65.9 Å². The maximum absolute atomic E-state index is 12.2. The molecule has 1 aliphatic rings. The van der Waals surface area contributed by atoms with Gasteiger partial charge in [-0.15, -0.1) is 0 Å². The number of rotatable bonds is 7. The van der Waals surface area contributed by atoms with Crippen LogP contribution in [-0.4, -0.2) is 29.6 Å². The standard InChI is InChI=1S/C22H35NO2/c1-6-21(5)17-22(18(2)3,13-15-25-21)12-14-23(19(4)24)16-20-10-8-7-9-11-20/h7-11,18H,6,12-17H2,1-5H3/t21-,22+/m1/s1. The topological polar surface area (TPSA) is 29.5 Å². The Labute approximate surface area is 153 Å². The number of hydrogen-bond acceptors (Lipinski definition) is 2. The van der Waals surface area contributed by atoms with Gasteiger partial charge in [-0.05, 0) is 49.5 Å². The van der Waals surface area contributed by atoms with Crippen molar-refractivity contribution < 1.29 is 9.53 Å². The van der Waals surface area contributed by atoms with Gasteiger partial charge in [0.2, 0.25) is 5.91 Å². The maximum Gasteiger partial charge on any atom is 0.219 e. The first-order chi connectivity index (χ1) is 11.8. The van der Waals surface area contributed by atoms with Crippen LogP contribution in [0, 0.1) is 11.3 Å². The van der Waals surface area contributed by atoms with Crippen molar-refractivity contribution in [1.29, 1.82) is 0 Å². The summed E-state index contributed by atoms with van der Waals surface area (Å²) >= 11 is 0. The summed E-state index contributed by atoms with van der Waals surface area (Å²) in [4.78, 5) is 14.2. The number of hydrogen-bond donors (Lipinski definition) is 0. The average molecular weight is 346 g/mol. The van der Waals surface area contributed by atoms with Crippen molar-refractivity contribution in [3.8, 4) is 0 Å². The largest absolute Gasteiger partial charge is 0.375 e. The third kappa shape index (κ3) is 5.07. The molecule has 0 bridgehead atoms. The first-order valence-electron chi connectivity index (χ1n) is 9.74. The lowest BCUT2D eigenvalue weighted by molar-refractivity contribution is -0.139. The molecule has 2 atom stereocenters. The van der Waals surface area contributed by atoms with Gasteiger partial charge in [-0.2, -0.15) is 0 Å². The van der Waals surface area contributed by atoms with Crippen molar-refractivity contribution in [1.82, 2.24) is 4.90 Å². The van der Waals surface area contributed by atoms with Crippen LogP contribution in [0.4, 0.5) is 0 Å². The Balaban J connectivity index is 2.09. The molecule has 1 heterocycles. The van der Waals surface area contributed by atoms with E-state index in [2.05, 4.69) is 39.8 Å². The van der Waals surface area contributed by atoms with E-state index in [1.807, 2.05) is 23.1 Å². The molecule has 1 fully saturated rings. The summed E-state index contributed by atoms with van der Waals surface area (Å²) in [7, 11) is 0. The number of carbonyl (C=O) groups excluding carboxylic acids is 1. The summed E-state index contributed by atoms with van der Waals surface area (Å²) in [5, 5.41) is 0. The Kier molecular flexibility index (Phi) is 6.67. The third-order valence-electron chi connectivity index (χ3n) is 6.29. The van der Waals surface area contributed by atoms with Crippen LogP contribution in [-0.2, 0) is 16.1 Å². The fourth-order valence-corrected chi connectivity index (χ4v) is 4.12. The van der Waals surface area contributed by atoms with Gasteiger partial charge in [-0.3, -0.25) is 4.79 Å². The van der Waals surface area contributed by atoms with Gasteiger partial charge in [0.1, 0.15) is 0 Å². The molecule has 1 amide bonds. The number of nitrogens with zero attached hydrogens (tertiary/aromatic N) is 1. The van der Waals surface area contributed by atoms with Crippen LogP contribution in [0.2, 0.25) is 0 Å². The van der Waals surface area contributed by atoms with E-state index >= 15 is 0 Å². The van der Waals surface area contributed by atoms with E-state index in [-0.39, 0.29) is 16.9 Å². The van der Waals surface area contributed by atoms with Gasteiger partial charge in [-0.1, -0.05) is 51.1 Å². The van der Waals surface area contributed by atoms with Gasteiger partial charge in [-0.25, -0.2) is 0 Å². The first kappa shape index (κ1) is 20.0. The smallest absolute Gasteiger partial charge is 0.219 e. The molecular formula is C22H35NO2. The molecule has 1 aromatic rings. The highest BCUT2D eigenvalue weighted by Gasteiger charge is 2.44. The van der Waals surface area contributed by atoms with Crippen molar-refractivity contribution in [3.63, 3.8) is 0 Å². The van der Waals surface area contributed by atoms with Crippen LogP contribution < -0.4 is 0 Å². The van der Waals surface area contributed by atoms with Crippen LogP contribution >= 0.6 is 0 Å². The number of amides is 1. The first-order valence-corrected chi connectivity index (χ1v) is 9.74. The molecule has 0 N–H and O–H groups in total. The van der Waals surface area contributed by atoms with Gasteiger partial charge in [0.25, 0.3) is 0 Å². The third-order valence-corrected chi connectivity index (χ3v) is 6.29. The van der Waals surface area contributed by atoms with E-state index in [1.54, 1.807) is 6.92 Å². The van der Waals surface area contributed by atoms with Crippen molar-refractivity contribution in [3.05, 3.63) is 35.9 Å². The van der Waals surface area contributed by atoms with Gasteiger partial charge in [0, 0.05) is 26.6 Å².